The number of nitrogens with zero attached hydrogens (tertiary/aromatic N) is 1. The lowest BCUT2D eigenvalue weighted by Crippen LogP contribution is -2.59. The van der Waals surface area contributed by atoms with Crippen molar-refractivity contribution in [1.82, 2.24) is 4.90 Å². The van der Waals surface area contributed by atoms with Crippen LogP contribution >= 0.6 is 11.6 Å². The molecule has 4 nitrogen and oxygen atoms in total. The lowest BCUT2D eigenvalue weighted by molar-refractivity contribution is -0.157. The van der Waals surface area contributed by atoms with Crippen LogP contribution in [0.1, 0.15) is 52.0 Å². The Morgan fingerprint density at radius 1 is 1.24 bits per heavy atom. The summed E-state index contributed by atoms with van der Waals surface area (Å²) in [6, 6.07) is 7.38. The van der Waals surface area contributed by atoms with Crippen molar-refractivity contribution < 1.29 is 9.90 Å². The van der Waals surface area contributed by atoms with E-state index < -0.39 is 16.6 Å². The van der Waals surface area contributed by atoms with Gasteiger partial charge in [-0.05, 0) is 43.9 Å². The van der Waals surface area contributed by atoms with Gasteiger partial charge in [-0.1, -0.05) is 44.0 Å². The van der Waals surface area contributed by atoms with Crippen molar-refractivity contribution in [3.8, 4) is 0 Å². The van der Waals surface area contributed by atoms with Crippen LogP contribution in [-0.4, -0.2) is 34.5 Å². The van der Waals surface area contributed by atoms with E-state index in [4.69, 9.17) is 17.3 Å². The molecule has 1 aliphatic carbocycles. The van der Waals surface area contributed by atoms with E-state index in [-0.39, 0.29) is 11.8 Å². The van der Waals surface area contributed by atoms with Gasteiger partial charge in [-0.2, -0.15) is 0 Å². The molecule has 1 saturated heterocycles. The Balaban J connectivity index is 1.80. The van der Waals surface area contributed by atoms with Crippen molar-refractivity contribution in [2.45, 2.75) is 57.6 Å². The fourth-order valence-corrected chi connectivity index (χ4v) is 4.71. The van der Waals surface area contributed by atoms with Gasteiger partial charge in [-0.15, -0.1) is 0 Å². The van der Waals surface area contributed by atoms with Crippen molar-refractivity contribution in [2.75, 3.05) is 13.1 Å². The van der Waals surface area contributed by atoms with Gasteiger partial charge < -0.3 is 15.7 Å². The normalized spacial score (nSPS) is 35.0. The zero-order chi connectivity index (χ0) is 18.5. The number of amides is 1. The van der Waals surface area contributed by atoms with Crippen LogP contribution in [0.2, 0.25) is 5.02 Å². The summed E-state index contributed by atoms with van der Waals surface area (Å²) in [5, 5.41) is 12.1. The van der Waals surface area contributed by atoms with Gasteiger partial charge in [0.2, 0.25) is 5.91 Å². The second-order valence-corrected chi connectivity index (χ2v) is 9.15. The second kappa shape index (κ2) is 6.26. The first-order valence-electron chi connectivity index (χ1n) is 9.13. The van der Waals surface area contributed by atoms with Gasteiger partial charge in [-0.25, -0.2) is 0 Å². The summed E-state index contributed by atoms with van der Waals surface area (Å²) in [6.07, 6.45) is 3.29. The Morgan fingerprint density at radius 2 is 1.88 bits per heavy atom. The predicted octanol–water partition coefficient (Wildman–Crippen LogP) is 3.30. The molecule has 5 heteroatoms. The van der Waals surface area contributed by atoms with Gasteiger partial charge in [0.15, 0.2) is 0 Å². The molecule has 3 rings (SSSR count). The van der Waals surface area contributed by atoms with E-state index >= 15 is 0 Å². The van der Waals surface area contributed by atoms with E-state index in [9.17, 15) is 9.90 Å². The predicted molar refractivity (Wildman–Crippen MR) is 100 cm³/mol. The van der Waals surface area contributed by atoms with E-state index in [0.717, 1.165) is 24.8 Å². The zero-order valence-electron chi connectivity index (χ0n) is 15.4. The van der Waals surface area contributed by atoms with E-state index in [0.29, 0.717) is 24.5 Å². The van der Waals surface area contributed by atoms with Crippen LogP contribution in [0.4, 0.5) is 0 Å². The first-order valence-corrected chi connectivity index (χ1v) is 9.51. The van der Waals surface area contributed by atoms with Crippen molar-refractivity contribution in [3.05, 3.63) is 34.9 Å². The highest BCUT2D eigenvalue weighted by Crippen LogP contribution is 2.47. The molecule has 3 N–H and O–H groups in total. The largest absolute Gasteiger partial charge is 0.384 e. The van der Waals surface area contributed by atoms with Crippen LogP contribution in [-0.2, 0) is 10.4 Å². The van der Waals surface area contributed by atoms with Gasteiger partial charge >= 0.3 is 0 Å². The summed E-state index contributed by atoms with van der Waals surface area (Å²) in [7, 11) is 0. The van der Waals surface area contributed by atoms with Gasteiger partial charge in [0.1, 0.15) is 0 Å². The number of nitrogens with two attached hydrogens (primary N) is 1. The molecule has 1 aromatic carbocycles. The molecular formula is C20H29ClN2O2. The Hall–Kier alpha value is -1.10. The summed E-state index contributed by atoms with van der Waals surface area (Å²) in [5.41, 5.74) is 5.36. The van der Waals surface area contributed by atoms with Crippen molar-refractivity contribution >= 4 is 17.5 Å². The molecule has 2 fully saturated rings. The first-order chi connectivity index (χ1) is 11.6. The molecule has 25 heavy (non-hydrogen) atoms. The van der Waals surface area contributed by atoms with Crippen molar-refractivity contribution in [1.29, 1.82) is 0 Å². The fourth-order valence-electron chi connectivity index (χ4n) is 4.59. The minimum Gasteiger partial charge on any atom is -0.384 e. The van der Waals surface area contributed by atoms with Crippen molar-refractivity contribution in [2.24, 2.45) is 17.1 Å². The monoisotopic (exact) mass is 364 g/mol. The number of halogens is 1. The maximum absolute atomic E-state index is 13.0. The topological polar surface area (TPSA) is 66.6 Å². The number of carbonyl (C=O) groups is 1. The number of benzene rings is 1. The minimum atomic E-state index is -0.976. The Kier molecular flexibility index (Phi) is 4.68. The number of aliphatic hydroxyl groups is 1. The highest BCUT2D eigenvalue weighted by Gasteiger charge is 2.51. The van der Waals surface area contributed by atoms with E-state index in [1.807, 2.05) is 37.8 Å². The molecule has 0 aromatic heterocycles. The van der Waals surface area contributed by atoms with Crippen LogP contribution in [0, 0.1) is 11.3 Å². The van der Waals surface area contributed by atoms with Crippen LogP contribution in [0.5, 0.6) is 0 Å². The minimum absolute atomic E-state index is 0.106. The molecule has 0 bridgehead atoms. The summed E-state index contributed by atoms with van der Waals surface area (Å²) in [4.78, 5) is 15.0. The smallest absolute Gasteiger partial charge is 0.227 e. The highest BCUT2D eigenvalue weighted by atomic mass is 35.5. The molecule has 0 radical (unpaired) electrons. The molecule has 1 heterocycles. The lowest BCUT2D eigenvalue weighted by Gasteiger charge is -2.51. The number of carbonyl (C=O) groups excluding carboxylic acids is 1. The average molecular weight is 365 g/mol. The summed E-state index contributed by atoms with van der Waals surface area (Å²) in [5.74, 6) is 0.0405. The molecule has 0 spiro atoms. The molecule has 138 valence electrons. The number of hydrogen-bond acceptors (Lipinski definition) is 3. The molecule has 1 aliphatic heterocycles. The average Bonchev–Trinajstić information content (AvgIpc) is 2.89. The molecule has 2 aliphatic rings. The molecule has 1 unspecified atom stereocenters. The van der Waals surface area contributed by atoms with Crippen LogP contribution in [0.15, 0.2) is 24.3 Å². The van der Waals surface area contributed by atoms with Gasteiger partial charge in [0.05, 0.1) is 11.5 Å². The molecule has 3 atom stereocenters. The van der Waals surface area contributed by atoms with Crippen LogP contribution in [0.3, 0.4) is 0 Å². The Labute approximate surface area is 155 Å². The number of hydrogen-bond donors (Lipinski definition) is 2. The SMILES string of the molecule is CC1(C)CN(C(=O)[C@H]2CCC[C@@]2(C)N)CCC1(O)c1ccc(Cl)cc1. The van der Waals surface area contributed by atoms with Gasteiger partial charge in [0.25, 0.3) is 0 Å². The first kappa shape index (κ1) is 18.7. The van der Waals surface area contributed by atoms with E-state index in [2.05, 4.69) is 0 Å². The highest BCUT2D eigenvalue weighted by molar-refractivity contribution is 6.30. The maximum Gasteiger partial charge on any atom is 0.227 e. The Morgan fingerprint density at radius 3 is 2.40 bits per heavy atom. The summed E-state index contributed by atoms with van der Waals surface area (Å²) in [6.45, 7) is 7.11. The number of likely N-dealkylation sites (tertiary alicyclic amines) is 1. The Bertz CT molecular complexity index is 656. The third kappa shape index (κ3) is 3.20. The zero-order valence-corrected chi connectivity index (χ0v) is 16.1. The van der Waals surface area contributed by atoms with E-state index in [1.165, 1.54) is 0 Å². The molecule has 1 saturated carbocycles. The number of rotatable bonds is 2. The van der Waals surface area contributed by atoms with Crippen molar-refractivity contribution in [3.63, 3.8) is 0 Å². The molecular weight excluding hydrogens is 336 g/mol. The molecule has 1 aromatic rings. The summed E-state index contributed by atoms with van der Waals surface area (Å²) < 4.78 is 0. The van der Waals surface area contributed by atoms with Gasteiger partial charge in [-0.3, -0.25) is 4.79 Å². The second-order valence-electron chi connectivity index (χ2n) is 8.71. The van der Waals surface area contributed by atoms with E-state index in [1.54, 1.807) is 12.1 Å². The fraction of sp³-hybridized carbons (Fsp3) is 0.650. The van der Waals surface area contributed by atoms with Gasteiger partial charge in [0, 0.05) is 29.1 Å². The maximum atomic E-state index is 13.0. The summed E-state index contributed by atoms with van der Waals surface area (Å²) >= 11 is 5.98. The standard InChI is InChI=1S/C20H29ClN2O2/c1-18(2)13-23(17(24)16-5-4-10-19(16,3)22)12-11-20(18,25)14-6-8-15(21)9-7-14/h6-9,16,25H,4-5,10-13,22H2,1-3H3/t16-,19-,20?/m1/s1. The van der Waals surface area contributed by atoms with Crippen LogP contribution in [0.25, 0.3) is 0 Å². The third-order valence-corrected chi connectivity index (χ3v) is 6.64. The quantitative estimate of drug-likeness (QED) is 0.846. The molecule has 1 amide bonds. The third-order valence-electron chi connectivity index (χ3n) is 6.39. The number of piperidine rings is 1. The van der Waals surface area contributed by atoms with Crippen LogP contribution < -0.4 is 5.73 Å². The lowest BCUT2D eigenvalue weighted by atomic mass is 9.66.